The molecule has 0 fully saturated rings. The van der Waals surface area contributed by atoms with Gasteiger partial charge in [-0.2, -0.15) is 0 Å². The van der Waals surface area contributed by atoms with Crippen LogP contribution in [0.2, 0.25) is 0 Å². The smallest absolute Gasteiger partial charge is 0.371 e. The Hall–Kier alpha value is -2.01. The minimum atomic E-state index is -1.16. The van der Waals surface area contributed by atoms with E-state index in [2.05, 4.69) is 0 Å². The summed E-state index contributed by atoms with van der Waals surface area (Å²) < 4.78 is 10.5. The Morgan fingerprint density at radius 3 is 2.28 bits per heavy atom. The van der Waals surface area contributed by atoms with Gasteiger partial charge >= 0.3 is 5.97 Å². The normalized spacial score (nSPS) is 12.7. The molecule has 0 aromatic carbocycles. The van der Waals surface area contributed by atoms with Gasteiger partial charge in [0.25, 0.3) is 0 Å². The van der Waals surface area contributed by atoms with E-state index in [4.69, 9.17) is 13.9 Å². The number of carboxylic acid groups (broad SMARTS) is 1. The van der Waals surface area contributed by atoms with E-state index in [1.54, 1.807) is 6.92 Å². The van der Waals surface area contributed by atoms with Crippen LogP contribution < -0.4 is 0 Å². The van der Waals surface area contributed by atoms with Crippen LogP contribution in [0.3, 0.4) is 0 Å². The summed E-state index contributed by atoms with van der Waals surface area (Å²) in [5.41, 5.74) is 1.46. The zero-order valence-corrected chi connectivity index (χ0v) is 10.4. The van der Waals surface area contributed by atoms with Crippen LogP contribution >= 0.6 is 0 Å². The molecule has 0 saturated carbocycles. The lowest BCUT2D eigenvalue weighted by atomic mass is 10.0. The van der Waals surface area contributed by atoms with E-state index in [0.29, 0.717) is 11.3 Å². The van der Waals surface area contributed by atoms with Crippen LogP contribution in [0.5, 0.6) is 0 Å². The van der Waals surface area contributed by atoms with Gasteiger partial charge in [-0.3, -0.25) is 0 Å². The highest BCUT2D eigenvalue weighted by atomic mass is 16.4. The van der Waals surface area contributed by atoms with Crippen molar-refractivity contribution in [2.45, 2.75) is 26.9 Å². The molecule has 0 saturated heterocycles. The lowest BCUT2D eigenvalue weighted by Gasteiger charge is -2.07. The minimum absolute atomic E-state index is 0.194. The van der Waals surface area contributed by atoms with Gasteiger partial charge in [0, 0.05) is 5.56 Å². The maximum absolute atomic E-state index is 10.7. The van der Waals surface area contributed by atoms with Crippen LogP contribution in [0.25, 0.3) is 0 Å². The summed E-state index contributed by atoms with van der Waals surface area (Å²) >= 11 is 0. The van der Waals surface area contributed by atoms with Crippen molar-refractivity contribution < 1.29 is 23.8 Å². The monoisotopic (exact) mass is 250 g/mol. The number of rotatable bonds is 3. The van der Waals surface area contributed by atoms with E-state index in [9.17, 15) is 9.90 Å². The van der Waals surface area contributed by atoms with Crippen LogP contribution in [0.15, 0.2) is 21.0 Å². The molecule has 0 aliphatic heterocycles. The van der Waals surface area contributed by atoms with Crippen molar-refractivity contribution in [1.29, 1.82) is 0 Å². The topological polar surface area (TPSA) is 83.8 Å². The number of furan rings is 2. The third-order valence-electron chi connectivity index (χ3n) is 3.00. The molecule has 2 aromatic heterocycles. The molecule has 1 unspecified atom stereocenters. The Kier molecular flexibility index (Phi) is 3.00. The van der Waals surface area contributed by atoms with E-state index in [0.717, 1.165) is 11.3 Å². The summed E-state index contributed by atoms with van der Waals surface area (Å²) in [5, 5.41) is 19.0. The molecule has 18 heavy (non-hydrogen) atoms. The maximum Gasteiger partial charge on any atom is 0.371 e. The fraction of sp³-hybridized carbons (Fsp3) is 0.308. The Morgan fingerprint density at radius 2 is 1.83 bits per heavy atom. The van der Waals surface area contributed by atoms with Gasteiger partial charge in [0.1, 0.15) is 23.4 Å². The lowest BCUT2D eigenvalue weighted by Crippen LogP contribution is -2.01. The van der Waals surface area contributed by atoms with Crippen molar-refractivity contribution in [3.63, 3.8) is 0 Å². The number of hydrogen-bond donors (Lipinski definition) is 2. The Balaban J connectivity index is 2.41. The summed E-state index contributed by atoms with van der Waals surface area (Å²) in [7, 11) is 0. The fourth-order valence-electron chi connectivity index (χ4n) is 1.97. The maximum atomic E-state index is 10.7. The van der Waals surface area contributed by atoms with Crippen molar-refractivity contribution in [2.24, 2.45) is 0 Å². The summed E-state index contributed by atoms with van der Waals surface area (Å²) in [6.45, 7) is 5.40. The molecule has 0 amide bonds. The number of carbonyl (C=O) groups is 1. The molecule has 5 nitrogen and oxygen atoms in total. The van der Waals surface area contributed by atoms with Gasteiger partial charge in [-0.1, -0.05) is 0 Å². The number of aliphatic hydroxyl groups is 1. The fourth-order valence-corrected chi connectivity index (χ4v) is 1.97. The zero-order valence-electron chi connectivity index (χ0n) is 10.4. The van der Waals surface area contributed by atoms with Gasteiger partial charge < -0.3 is 19.0 Å². The summed E-state index contributed by atoms with van der Waals surface area (Å²) in [6, 6.07) is 2.77. The Bertz CT molecular complexity index is 591. The van der Waals surface area contributed by atoms with E-state index < -0.39 is 12.1 Å². The average Bonchev–Trinajstić information content (AvgIpc) is 2.85. The first-order chi connectivity index (χ1) is 8.41. The third kappa shape index (κ3) is 1.93. The molecule has 2 rings (SSSR count). The van der Waals surface area contributed by atoms with Crippen LogP contribution in [-0.4, -0.2) is 16.2 Å². The predicted octanol–water partition coefficient (Wildman–Crippen LogP) is 2.58. The van der Waals surface area contributed by atoms with Gasteiger partial charge in [0.05, 0.1) is 0 Å². The van der Waals surface area contributed by atoms with Gasteiger partial charge in [-0.25, -0.2) is 4.79 Å². The number of carboxylic acids is 1. The van der Waals surface area contributed by atoms with Gasteiger partial charge in [0.15, 0.2) is 0 Å². The second kappa shape index (κ2) is 4.34. The van der Waals surface area contributed by atoms with Gasteiger partial charge in [-0.15, -0.1) is 0 Å². The first-order valence-corrected chi connectivity index (χ1v) is 5.49. The Morgan fingerprint density at radius 1 is 1.17 bits per heavy atom. The van der Waals surface area contributed by atoms with Crippen LogP contribution in [0.4, 0.5) is 0 Å². The number of aryl methyl sites for hydroxylation is 2. The van der Waals surface area contributed by atoms with E-state index in [1.807, 2.05) is 13.8 Å². The molecular formula is C13H14O5. The summed E-state index contributed by atoms with van der Waals surface area (Å²) in [6.07, 6.45) is -1.02. The summed E-state index contributed by atoms with van der Waals surface area (Å²) in [4.78, 5) is 10.7. The van der Waals surface area contributed by atoms with Gasteiger partial charge in [0.2, 0.25) is 5.76 Å². The number of hydrogen-bond acceptors (Lipinski definition) is 4. The van der Waals surface area contributed by atoms with E-state index >= 15 is 0 Å². The van der Waals surface area contributed by atoms with E-state index in [1.165, 1.54) is 12.1 Å². The highest BCUT2D eigenvalue weighted by Gasteiger charge is 2.24. The molecular weight excluding hydrogens is 236 g/mol. The average molecular weight is 250 g/mol. The van der Waals surface area contributed by atoms with Crippen LogP contribution in [0.1, 0.15) is 45.1 Å². The van der Waals surface area contributed by atoms with Gasteiger partial charge in [-0.05, 0) is 38.5 Å². The zero-order chi connectivity index (χ0) is 13.4. The molecule has 0 aliphatic carbocycles. The second-order valence-corrected chi connectivity index (χ2v) is 4.16. The largest absolute Gasteiger partial charge is 0.475 e. The first-order valence-electron chi connectivity index (χ1n) is 5.49. The molecule has 96 valence electrons. The molecule has 0 bridgehead atoms. The lowest BCUT2D eigenvalue weighted by molar-refractivity contribution is 0.0655. The quantitative estimate of drug-likeness (QED) is 0.874. The van der Waals surface area contributed by atoms with Crippen molar-refractivity contribution in [3.05, 3.63) is 46.3 Å². The first kappa shape index (κ1) is 12.4. The minimum Gasteiger partial charge on any atom is -0.475 e. The van der Waals surface area contributed by atoms with Crippen molar-refractivity contribution >= 4 is 5.97 Å². The van der Waals surface area contributed by atoms with Crippen molar-refractivity contribution in [2.75, 3.05) is 0 Å². The van der Waals surface area contributed by atoms with Crippen LogP contribution in [-0.2, 0) is 0 Å². The van der Waals surface area contributed by atoms with Crippen molar-refractivity contribution in [3.8, 4) is 0 Å². The Labute approximate surface area is 104 Å². The third-order valence-corrected chi connectivity index (χ3v) is 3.00. The summed E-state index contributed by atoms with van der Waals surface area (Å²) in [5.74, 6) is 0.168. The molecule has 5 heteroatoms. The standard InChI is InChI=1S/C13H14O5/c1-6-7(2)17-8(3)11(6)12(14)9-4-5-10(18-9)13(15)16/h4-5,12,14H,1-3H3,(H,15,16). The number of aromatic carboxylic acids is 1. The SMILES string of the molecule is Cc1oc(C)c(C(O)c2ccc(C(=O)O)o2)c1C. The predicted molar refractivity (Wildman–Crippen MR) is 62.6 cm³/mol. The molecule has 0 radical (unpaired) electrons. The van der Waals surface area contributed by atoms with E-state index in [-0.39, 0.29) is 11.5 Å². The van der Waals surface area contributed by atoms with Crippen molar-refractivity contribution in [1.82, 2.24) is 0 Å². The van der Waals surface area contributed by atoms with Crippen LogP contribution in [0, 0.1) is 20.8 Å². The second-order valence-electron chi connectivity index (χ2n) is 4.16. The highest BCUT2D eigenvalue weighted by molar-refractivity contribution is 5.84. The molecule has 2 aromatic rings. The molecule has 0 aliphatic rings. The number of aliphatic hydroxyl groups excluding tert-OH is 1. The molecule has 2 heterocycles. The highest BCUT2D eigenvalue weighted by Crippen LogP contribution is 2.32. The molecule has 2 N–H and O–H groups in total. The molecule has 1 atom stereocenters. The molecule has 0 spiro atoms.